The van der Waals surface area contributed by atoms with Gasteiger partial charge in [-0.15, -0.1) is 5.10 Å². The third kappa shape index (κ3) is 7.42. The molecule has 0 aliphatic carbocycles. The van der Waals surface area contributed by atoms with Crippen molar-refractivity contribution in [2.75, 3.05) is 7.11 Å². The molecule has 208 valence electrons. The number of thioether (sulfide) groups is 1. The third-order valence-corrected chi connectivity index (χ3v) is 8.00. The van der Waals surface area contributed by atoms with Crippen molar-refractivity contribution in [1.82, 2.24) is 4.90 Å². The number of methoxy groups -OCH3 is 1. The molecule has 0 N–H and O–H groups in total. The Morgan fingerprint density at radius 1 is 1.02 bits per heavy atom. The van der Waals surface area contributed by atoms with Gasteiger partial charge in [-0.25, -0.2) is 0 Å². The minimum absolute atomic E-state index is 0.208. The van der Waals surface area contributed by atoms with E-state index in [9.17, 15) is 4.79 Å². The molecule has 0 unspecified atom stereocenters. The number of benzene rings is 3. The number of amidine groups is 1. The average molecular weight is 671 g/mol. The second kappa shape index (κ2) is 13.4. The monoisotopic (exact) mass is 669 g/mol. The van der Waals surface area contributed by atoms with E-state index in [4.69, 9.17) is 37.1 Å². The van der Waals surface area contributed by atoms with Gasteiger partial charge in [0.05, 0.1) is 31.0 Å². The number of ether oxygens (including phenoxy) is 2. The first-order chi connectivity index (χ1) is 19.9. The molecule has 1 aliphatic heterocycles. The van der Waals surface area contributed by atoms with E-state index >= 15 is 0 Å². The summed E-state index contributed by atoms with van der Waals surface area (Å²) in [4.78, 5) is 15.5. The second-order valence-corrected chi connectivity index (χ2v) is 11.5. The van der Waals surface area contributed by atoms with Crippen molar-refractivity contribution in [2.24, 2.45) is 10.2 Å². The summed E-state index contributed by atoms with van der Waals surface area (Å²) in [7, 11) is 1.56. The lowest BCUT2D eigenvalue weighted by Gasteiger charge is -2.13. The average Bonchev–Trinajstić information content (AvgIpc) is 3.58. The van der Waals surface area contributed by atoms with E-state index in [1.54, 1.807) is 60.9 Å². The molecule has 0 radical (unpaired) electrons. The molecule has 1 aliphatic rings. The first-order valence-electron chi connectivity index (χ1n) is 12.2. The van der Waals surface area contributed by atoms with Crippen LogP contribution in [0.4, 0.5) is 0 Å². The molecule has 11 heteroatoms. The summed E-state index contributed by atoms with van der Waals surface area (Å²) >= 11 is 16.9. The summed E-state index contributed by atoms with van der Waals surface area (Å²) < 4.78 is 18.0. The maximum atomic E-state index is 13.4. The van der Waals surface area contributed by atoms with Gasteiger partial charge in [-0.3, -0.25) is 9.69 Å². The normalized spacial score (nSPS) is 15.4. The summed E-state index contributed by atoms with van der Waals surface area (Å²) in [6.07, 6.45) is 4.99. The molecule has 0 atom stereocenters. The topological polar surface area (TPSA) is 76.6 Å². The van der Waals surface area contributed by atoms with Crippen molar-refractivity contribution in [1.29, 1.82) is 0 Å². The highest BCUT2D eigenvalue weighted by atomic mass is 79.9. The fourth-order valence-electron chi connectivity index (χ4n) is 3.81. The molecule has 0 saturated carbocycles. The first kappa shape index (κ1) is 29.0. The van der Waals surface area contributed by atoms with E-state index in [0.717, 1.165) is 21.2 Å². The van der Waals surface area contributed by atoms with Crippen molar-refractivity contribution in [2.45, 2.75) is 13.2 Å². The highest BCUT2D eigenvalue weighted by molar-refractivity contribution is 9.10. The van der Waals surface area contributed by atoms with E-state index in [-0.39, 0.29) is 19.1 Å². The van der Waals surface area contributed by atoms with Crippen LogP contribution in [0.5, 0.6) is 11.5 Å². The molecule has 5 rings (SSSR count). The van der Waals surface area contributed by atoms with Crippen LogP contribution in [0, 0.1) is 0 Å². The molecule has 1 amide bonds. The van der Waals surface area contributed by atoms with Crippen molar-refractivity contribution < 1.29 is 18.7 Å². The van der Waals surface area contributed by atoms with E-state index in [2.05, 4.69) is 26.1 Å². The van der Waals surface area contributed by atoms with Crippen LogP contribution < -0.4 is 9.47 Å². The molecular weight excluding hydrogens is 649 g/mol. The number of carbonyl (C=O) groups is 1. The maximum Gasteiger partial charge on any atom is 0.267 e. The largest absolute Gasteiger partial charge is 0.493 e. The number of amides is 1. The number of halogens is 3. The van der Waals surface area contributed by atoms with Crippen molar-refractivity contribution in [3.8, 4) is 11.5 Å². The van der Waals surface area contributed by atoms with Gasteiger partial charge in [0.1, 0.15) is 12.4 Å². The van der Waals surface area contributed by atoms with Gasteiger partial charge in [-0.1, -0.05) is 63.4 Å². The van der Waals surface area contributed by atoms with Gasteiger partial charge in [-0.2, -0.15) is 5.10 Å². The third-order valence-electron chi connectivity index (χ3n) is 5.89. The zero-order chi connectivity index (χ0) is 28.8. The highest BCUT2D eigenvalue weighted by Crippen LogP contribution is 2.36. The summed E-state index contributed by atoms with van der Waals surface area (Å²) in [5.74, 6) is 1.48. The van der Waals surface area contributed by atoms with Gasteiger partial charge in [0.15, 0.2) is 16.7 Å². The van der Waals surface area contributed by atoms with E-state index in [1.807, 2.05) is 42.5 Å². The Hall–Kier alpha value is -3.50. The van der Waals surface area contributed by atoms with Crippen LogP contribution in [0.25, 0.3) is 6.08 Å². The lowest BCUT2D eigenvalue weighted by Crippen LogP contribution is -2.28. The summed E-state index contributed by atoms with van der Waals surface area (Å²) in [5, 5.41) is 10.1. The smallest absolute Gasteiger partial charge is 0.267 e. The van der Waals surface area contributed by atoms with Crippen molar-refractivity contribution >= 4 is 74.3 Å². The molecule has 1 saturated heterocycles. The van der Waals surface area contributed by atoms with E-state index in [1.165, 1.54) is 11.8 Å². The Labute approximate surface area is 259 Å². The Bertz CT molecular complexity index is 1640. The lowest BCUT2D eigenvalue weighted by atomic mass is 10.1. The number of furan rings is 1. The molecular formula is C30H22BrCl2N3O4S. The van der Waals surface area contributed by atoms with E-state index in [0.29, 0.717) is 37.4 Å². The van der Waals surface area contributed by atoms with Crippen LogP contribution in [0.3, 0.4) is 0 Å². The molecule has 4 aromatic rings. The van der Waals surface area contributed by atoms with Gasteiger partial charge in [0.2, 0.25) is 0 Å². The maximum absolute atomic E-state index is 13.4. The predicted octanol–water partition coefficient (Wildman–Crippen LogP) is 8.44. The predicted molar refractivity (Wildman–Crippen MR) is 168 cm³/mol. The minimum atomic E-state index is -0.208. The van der Waals surface area contributed by atoms with Crippen molar-refractivity contribution in [3.63, 3.8) is 0 Å². The van der Waals surface area contributed by atoms with E-state index < -0.39 is 0 Å². The van der Waals surface area contributed by atoms with Crippen LogP contribution in [-0.2, 0) is 17.9 Å². The van der Waals surface area contributed by atoms with Gasteiger partial charge >= 0.3 is 0 Å². The SMILES string of the molecule is COc1cc(/C=C2\S/C(=N/N=C\c3ccc(Br)cc3)N(Cc3ccco3)C2=O)ccc1OCc1ccc(Cl)cc1Cl. The molecule has 0 spiro atoms. The van der Waals surface area contributed by atoms with Crippen LogP contribution in [0.15, 0.2) is 103 Å². The molecule has 41 heavy (non-hydrogen) atoms. The van der Waals surface area contributed by atoms with Crippen LogP contribution >= 0.6 is 50.9 Å². The number of hydrogen-bond acceptors (Lipinski definition) is 7. The van der Waals surface area contributed by atoms with Gasteiger partial charge in [0.25, 0.3) is 5.91 Å². The minimum Gasteiger partial charge on any atom is -0.493 e. The molecule has 2 heterocycles. The number of carbonyl (C=O) groups excluding carboxylic acids is 1. The van der Waals surface area contributed by atoms with Gasteiger partial charge in [0, 0.05) is 20.1 Å². The zero-order valence-electron chi connectivity index (χ0n) is 21.6. The molecule has 1 fully saturated rings. The summed E-state index contributed by atoms with van der Waals surface area (Å²) in [5.41, 5.74) is 2.43. The van der Waals surface area contributed by atoms with Gasteiger partial charge < -0.3 is 13.9 Å². The number of rotatable bonds is 9. The molecule has 7 nitrogen and oxygen atoms in total. The first-order valence-corrected chi connectivity index (χ1v) is 14.6. The summed E-state index contributed by atoms with van der Waals surface area (Å²) in [6.45, 7) is 0.468. The van der Waals surface area contributed by atoms with Crippen molar-refractivity contribution in [3.05, 3.63) is 121 Å². The highest BCUT2D eigenvalue weighted by Gasteiger charge is 2.34. The Morgan fingerprint density at radius 3 is 2.56 bits per heavy atom. The van der Waals surface area contributed by atoms with Crippen LogP contribution in [-0.4, -0.2) is 29.3 Å². The Kier molecular flexibility index (Phi) is 9.51. The van der Waals surface area contributed by atoms with Gasteiger partial charge in [-0.05, 0) is 77.5 Å². The quantitative estimate of drug-likeness (QED) is 0.101. The zero-order valence-corrected chi connectivity index (χ0v) is 25.5. The standard InChI is InChI=1S/C30H22BrCl2N3O4S/c1-38-27-13-20(6-11-26(27)40-18-21-7-10-23(32)15-25(21)33)14-28-29(37)36(17-24-3-2-12-39-24)30(41-28)35-34-16-19-4-8-22(31)9-5-19/h2-16H,17-18H2,1H3/b28-14-,34-16-,35-30+. The summed E-state index contributed by atoms with van der Waals surface area (Å²) in [6, 6.07) is 21.9. The lowest BCUT2D eigenvalue weighted by molar-refractivity contribution is -0.122. The molecule has 0 bridgehead atoms. The van der Waals surface area contributed by atoms with Crippen LogP contribution in [0.1, 0.15) is 22.5 Å². The number of nitrogens with zero attached hydrogens (tertiary/aromatic N) is 3. The fraction of sp³-hybridized carbons (Fsp3) is 0.100. The molecule has 3 aromatic carbocycles. The fourth-order valence-corrected chi connectivity index (χ4v) is 5.48. The molecule has 1 aromatic heterocycles. The second-order valence-electron chi connectivity index (χ2n) is 8.69. The van der Waals surface area contributed by atoms with Crippen LogP contribution in [0.2, 0.25) is 10.0 Å². The number of hydrogen-bond donors (Lipinski definition) is 0. The Balaban J connectivity index is 1.36. The Morgan fingerprint density at radius 2 is 1.83 bits per heavy atom.